The van der Waals surface area contributed by atoms with E-state index in [2.05, 4.69) is 208 Å². The van der Waals surface area contributed by atoms with Crippen LogP contribution in [0.3, 0.4) is 0 Å². The lowest BCUT2D eigenvalue weighted by Crippen LogP contribution is -2.16. The minimum Gasteiger partial charge on any atom is -0.310 e. The van der Waals surface area contributed by atoms with Gasteiger partial charge >= 0.3 is 0 Å². The van der Waals surface area contributed by atoms with Gasteiger partial charge in [0.15, 0.2) is 0 Å². The Labute approximate surface area is 350 Å². The molecule has 6 aromatic carbocycles. The van der Waals surface area contributed by atoms with Gasteiger partial charge in [-0.15, -0.1) is 0 Å². The van der Waals surface area contributed by atoms with Gasteiger partial charge in [0.25, 0.3) is 0 Å². The van der Waals surface area contributed by atoms with E-state index in [-0.39, 0.29) is 21.7 Å². The normalized spacial score (nSPS) is 15.6. The maximum absolute atomic E-state index is 2.49. The molecule has 2 aliphatic carbocycles. The second-order valence-corrected chi connectivity index (χ2v) is 21.1. The van der Waals surface area contributed by atoms with E-state index in [9.17, 15) is 0 Å². The third-order valence-electron chi connectivity index (χ3n) is 13.3. The highest BCUT2D eigenvalue weighted by Gasteiger charge is 2.36. The fraction of sp³-hybridized carbons (Fsp3) is 0.368. The molecule has 0 atom stereocenters. The summed E-state index contributed by atoms with van der Waals surface area (Å²) in [6, 6.07) is 49.5. The minimum atomic E-state index is -0.0821. The fourth-order valence-electron chi connectivity index (χ4n) is 9.49. The van der Waals surface area contributed by atoms with Crippen LogP contribution in [0.15, 0.2) is 127 Å². The van der Waals surface area contributed by atoms with E-state index in [0.29, 0.717) is 5.92 Å². The van der Waals surface area contributed by atoms with Crippen LogP contribution in [0.25, 0.3) is 33.4 Å². The van der Waals surface area contributed by atoms with Gasteiger partial charge in [-0.1, -0.05) is 180 Å². The molecule has 0 aliphatic heterocycles. The maximum atomic E-state index is 2.49. The monoisotopic (exact) mass is 764 g/mol. The molecular weight excluding hydrogens is 699 g/mol. The summed E-state index contributed by atoms with van der Waals surface area (Å²) >= 11 is 0. The highest BCUT2D eigenvalue weighted by atomic mass is 15.1. The van der Waals surface area contributed by atoms with Gasteiger partial charge in [0.1, 0.15) is 0 Å². The number of anilines is 3. The number of rotatable bonds is 6. The van der Waals surface area contributed by atoms with Gasteiger partial charge in [-0.2, -0.15) is 0 Å². The first-order valence-electron chi connectivity index (χ1n) is 21.9. The summed E-state index contributed by atoms with van der Waals surface area (Å²) < 4.78 is 0. The summed E-state index contributed by atoms with van der Waals surface area (Å²) in [5.41, 5.74) is 19.7. The SMILES string of the molecule is CC(C)(C)c1cc(-c2cccc(N(c3ccc(C4CCCCC4)cc3)c3ccc4c(c3)C(C)(C)c3ccccc3-4)c2)cc(-c2cc(C(C)(C)C)cc(C(C)(C)C)c2)c1. The molecule has 6 aromatic rings. The molecule has 0 radical (unpaired) electrons. The number of fused-ring (bicyclic) bond motifs is 3. The van der Waals surface area contributed by atoms with Gasteiger partial charge in [0.05, 0.1) is 0 Å². The van der Waals surface area contributed by atoms with E-state index < -0.39 is 0 Å². The van der Waals surface area contributed by atoms with Gasteiger partial charge in [0, 0.05) is 22.5 Å². The molecule has 0 bridgehead atoms. The minimum absolute atomic E-state index is 0.0161. The Kier molecular flexibility index (Phi) is 10.1. The predicted molar refractivity (Wildman–Crippen MR) is 251 cm³/mol. The third kappa shape index (κ3) is 7.70. The molecule has 0 spiro atoms. The number of benzene rings is 6. The molecule has 0 N–H and O–H groups in total. The Hall–Kier alpha value is -4.88. The number of hydrogen-bond acceptors (Lipinski definition) is 1. The largest absolute Gasteiger partial charge is 0.310 e. The van der Waals surface area contributed by atoms with Gasteiger partial charge in [-0.25, -0.2) is 0 Å². The van der Waals surface area contributed by atoms with Crippen molar-refractivity contribution < 1.29 is 0 Å². The third-order valence-corrected chi connectivity index (χ3v) is 13.3. The van der Waals surface area contributed by atoms with E-state index in [4.69, 9.17) is 0 Å². The zero-order valence-electron chi connectivity index (χ0n) is 37.2. The molecule has 0 heterocycles. The summed E-state index contributed by atoms with van der Waals surface area (Å²) in [6.07, 6.45) is 6.67. The molecule has 0 unspecified atom stereocenters. The molecule has 0 amide bonds. The van der Waals surface area contributed by atoms with Crippen LogP contribution in [0.4, 0.5) is 17.1 Å². The van der Waals surface area contributed by atoms with E-state index in [1.165, 1.54) is 116 Å². The van der Waals surface area contributed by atoms with Crippen LogP contribution >= 0.6 is 0 Å². The van der Waals surface area contributed by atoms with Crippen molar-refractivity contribution in [3.8, 4) is 33.4 Å². The molecule has 0 aromatic heterocycles. The van der Waals surface area contributed by atoms with Crippen molar-refractivity contribution >= 4 is 17.1 Å². The fourth-order valence-corrected chi connectivity index (χ4v) is 9.49. The zero-order valence-corrected chi connectivity index (χ0v) is 37.2. The quantitative estimate of drug-likeness (QED) is 0.163. The van der Waals surface area contributed by atoms with E-state index in [1.54, 1.807) is 0 Å². The average Bonchev–Trinajstić information content (AvgIpc) is 3.43. The Morgan fingerprint density at radius 2 is 0.948 bits per heavy atom. The lowest BCUT2D eigenvalue weighted by Gasteiger charge is -2.29. The Morgan fingerprint density at radius 3 is 1.57 bits per heavy atom. The second kappa shape index (κ2) is 14.7. The van der Waals surface area contributed by atoms with E-state index >= 15 is 0 Å². The number of hydrogen-bond donors (Lipinski definition) is 0. The molecule has 8 rings (SSSR count). The maximum Gasteiger partial charge on any atom is 0.0467 e. The van der Waals surface area contributed by atoms with Crippen LogP contribution in [0.2, 0.25) is 0 Å². The van der Waals surface area contributed by atoms with Crippen LogP contribution in [0.5, 0.6) is 0 Å². The van der Waals surface area contributed by atoms with Crippen LogP contribution in [0, 0.1) is 0 Å². The highest BCUT2D eigenvalue weighted by molar-refractivity contribution is 5.87. The Balaban J connectivity index is 1.27. The summed E-state index contributed by atoms with van der Waals surface area (Å²) in [6.45, 7) is 25.8. The van der Waals surface area contributed by atoms with Gasteiger partial charge < -0.3 is 4.90 Å². The first-order chi connectivity index (χ1) is 27.4. The first-order valence-corrected chi connectivity index (χ1v) is 21.9. The van der Waals surface area contributed by atoms with Gasteiger partial charge in [-0.05, 0) is 144 Å². The first kappa shape index (κ1) is 39.9. The summed E-state index contributed by atoms with van der Waals surface area (Å²) in [5, 5.41) is 0. The Morgan fingerprint density at radius 1 is 0.431 bits per heavy atom. The molecule has 0 saturated heterocycles. The molecular formula is C57H65N. The molecule has 58 heavy (non-hydrogen) atoms. The molecule has 1 saturated carbocycles. The Bertz CT molecular complexity index is 2420. The molecule has 298 valence electrons. The smallest absolute Gasteiger partial charge is 0.0467 e. The van der Waals surface area contributed by atoms with E-state index in [1.807, 2.05) is 0 Å². The van der Waals surface area contributed by atoms with Crippen molar-refractivity contribution in [2.75, 3.05) is 4.90 Å². The lowest BCUT2D eigenvalue weighted by atomic mass is 9.78. The second-order valence-electron chi connectivity index (χ2n) is 21.1. The highest BCUT2D eigenvalue weighted by Crippen LogP contribution is 2.51. The van der Waals surface area contributed by atoms with Crippen molar-refractivity contribution in [3.63, 3.8) is 0 Å². The summed E-state index contributed by atoms with van der Waals surface area (Å²) in [7, 11) is 0. The zero-order chi connectivity index (χ0) is 41.2. The van der Waals surface area contributed by atoms with Crippen molar-refractivity contribution in [1.82, 2.24) is 0 Å². The van der Waals surface area contributed by atoms with Gasteiger partial charge in [-0.3, -0.25) is 0 Å². The van der Waals surface area contributed by atoms with Crippen LogP contribution in [0.1, 0.15) is 148 Å². The van der Waals surface area contributed by atoms with Crippen molar-refractivity contribution in [3.05, 3.63) is 161 Å². The topological polar surface area (TPSA) is 3.24 Å². The standard InChI is InChI=1S/C57H65N/c1-54(2,3)44-31-41(30-42(32-44)43-33-45(55(4,5)6)36-46(34-43)56(7,8)9)40-20-17-21-48(35-40)58(47-26-24-39(25-27-47)38-18-13-12-14-19-38)49-28-29-51-50-22-15-16-23-52(50)57(10,11)53(51)37-49/h15-17,20-38H,12-14,18-19H2,1-11H3. The van der Waals surface area contributed by atoms with Crippen molar-refractivity contribution in [2.45, 2.75) is 136 Å². The molecule has 2 aliphatic rings. The predicted octanol–water partition coefficient (Wildman–Crippen LogP) is 16.7. The van der Waals surface area contributed by atoms with Crippen LogP contribution in [-0.2, 0) is 21.7 Å². The lowest BCUT2D eigenvalue weighted by molar-refractivity contribution is 0.443. The van der Waals surface area contributed by atoms with Crippen LogP contribution in [-0.4, -0.2) is 0 Å². The molecule has 1 heteroatoms. The summed E-state index contributed by atoms with van der Waals surface area (Å²) in [4.78, 5) is 2.49. The van der Waals surface area contributed by atoms with Crippen LogP contribution < -0.4 is 4.90 Å². The molecule has 1 fully saturated rings. The summed E-state index contributed by atoms with van der Waals surface area (Å²) in [5.74, 6) is 0.673. The van der Waals surface area contributed by atoms with Crippen molar-refractivity contribution in [2.24, 2.45) is 0 Å². The van der Waals surface area contributed by atoms with Crippen molar-refractivity contribution in [1.29, 1.82) is 0 Å². The van der Waals surface area contributed by atoms with E-state index in [0.717, 1.165) is 0 Å². The average molecular weight is 764 g/mol. The molecule has 1 nitrogen and oxygen atoms in total. The van der Waals surface area contributed by atoms with Gasteiger partial charge in [0.2, 0.25) is 0 Å². The number of nitrogens with zero attached hydrogens (tertiary/aromatic N) is 1.